The summed E-state index contributed by atoms with van der Waals surface area (Å²) < 4.78 is 5.00. The highest BCUT2D eigenvalue weighted by molar-refractivity contribution is 5.77. The zero-order chi connectivity index (χ0) is 12.2. The van der Waals surface area contributed by atoms with Crippen molar-refractivity contribution in [2.75, 3.05) is 46.9 Å². The van der Waals surface area contributed by atoms with Crippen LogP contribution >= 0.6 is 0 Å². The van der Waals surface area contributed by atoms with E-state index >= 15 is 0 Å². The Morgan fingerprint density at radius 3 is 2.81 bits per heavy atom. The lowest BCUT2D eigenvalue weighted by Gasteiger charge is -2.15. The third kappa shape index (κ3) is 9.73. The van der Waals surface area contributed by atoms with Gasteiger partial charge in [0.1, 0.15) is 0 Å². The van der Waals surface area contributed by atoms with Gasteiger partial charge >= 0.3 is 0 Å². The molecule has 0 atom stereocenters. The van der Waals surface area contributed by atoms with E-state index in [2.05, 4.69) is 29.2 Å². The third-order valence-electron chi connectivity index (χ3n) is 2.21. The van der Waals surface area contributed by atoms with Crippen LogP contribution in [0.1, 0.15) is 19.8 Å². The average molecular weight is 230 g/mol. The number of guanidine groups is 1. The number of nitrogens with two attached hydrogens (primary N) is 1. The van der Waals surface area contributed by atoms with Crippen molar-refractivity contribution >= 4 is 5.96 Å². The van der Waals surface area contributed by atoms with Crippen molar-refractivity contribution in [2.45, 2.75) is 19.8 Å². The van der Waals surface area contributed by atoms with Crippen LogP contribution in [0.2, 0.25) is 0 Å². The molecule has 0 aliphatic heterocycles. The highest BCUT2D eigenvalue weighted by Crippen LogP contribution is 1.86. The molecule has 0 aromatic rings. The van der Waals surface area contributed by atoms with Crippen molar-refractivity contribution in [3.8, 4) is 0 Å². The van der Waals surface area contributed by atoms with Gasteiger partial charge in [0, 0.05) is 26.7 Å². The summed E-state index contributed by atoms with van der Waals surface area (Å²) in [5, 5.41) is 3.10. The van der Waals surface area contributed by atoms with Crippen molar-refractivity contribution in [3.05, 3.63) is 0 Å². The van der Waals surface area contributed by atoms with Gasteiger partial charge < -0.3 is 20.7 Å². The molecule has 16 heavy (non-hydrogen) atoms. The fourth-order valence-electron chi connectivity index (χ4n) is 1.21. The molecule has 0 aromatic carbocycles. The Morgan fingerprint density at radius 2 is 2.19 bits per heavy atom. The normalized spacial score (nSPS) is 12.1. The minimum atomic E-state index is 0.557. The molecule has 3 N–H and O–H groups in total. The van der Waals surface area contributed by atoms with Crippen molar-refractivity contribution in [2.24, 2.45) is 10.7 Å². The zero-order valence-corrected chi connectivity index (χ0v) is 10.8. The van der Waals surface area contributed by atoms with E-state index in [9.17, 15) is 0 Å². The largest absolute Gasteiger partial charge is 0.383 e. The van der Waals surface area contributed by atoms with Gasteiger partial charge in [-0.25, -0.2) is 0 Å². The topological polar surface area (TPSA) is 62.9 Å². The van der Waals surface area contributed by atoms with Gasteiger partial charge in [-0.3, -0.25) is 4.99 Å². The molecule has 0 aliphatic carbocycles. The van der Waals surface area contributed by atoms with E-state index in [1.807, 2.05) is 0 Å². The van der Waals surface area contributed by atoms with Crippen LogP contribution in [0.4, 0.5) is 0 Å². The fraction of sp³-hybridized carbons (Fsp3) is 0.909. The summed E-state index contributed by atoms with van der Waals surface area (Å²) in [6.45, 7) is 6.54. The molecular weight excluding hydrogens is 204 g/mol. The number of hydrogen-bond acceptors (Lipinski definition) is 3. The van der Waals surface area contributed by atoms with Crippen molar-refractivity contribution in [1.29, 1.82) is 0 Å². The molecule has 0 bridgehead atoms. The Balaban J connectivity index is 3.38. The second-order valence-electron chi connectivity index (χ2n) is 3.84. The van der Waals surface area contributed by atoms with E-state index in [0.29, 0.717) is 5.96 Å². The molecule has 0 rings (SSSR count). The Bertz CT molecular complexity index is 185. The van der Waals surface area contributed by atoms with Gasteiger partial charge in [-0.2, -0.15) is 0 Å². The Morgan fingerprint density at radius 1 is 1.44 bits per heavy atom. The van der Waals surface area contributed by atoms with Crippen molar-refractivity contribution in [1.82, 2.24) is 10.2 Å². The molecule has 96 valence electrons. The molecule has 0 saturated heterocycles. The first-order chi connectivity index (χ1) is 7.70. The van der Waals surface area contributed by atoms with Crippen LogP contribution in [0, 0.1) is 0 Å². The van der Waals surface area contributed by atoms with E-state index < -0.39 is 0 Å². The lowest BCUT2D eigenvalue weighted by atomic mass is 10.4. The molecule has 5 nitrogen and oxygen atoms in total. The highest BCUT2D eigenvalue weighted by atomic mass is 16.5. The number of nitrogens with zero attached hydrogens (tertiary/aromatic N) is 2. The maximum Gasteiger partial charge on any atom is 0.188 e. The van der Waals surface area contributed by atoms with Crippen molar-refractivity contribution < 1.29 is 4.74 Å². The molecule has 0 amide bonds. The summed E-state index contributed by atoms with van der Waals surface area (Å²) in [4.78, 5) is 6.40. The second kappa shape index (κ2) is 10.7. The lowest BCUT2D eigenvalue weighted by molar-refractivity contribution is 0.161. The Hall–Kier alpha value is -0.810. The van der Waals surface area contributed by atoms with Crippen LogP contribution in [0.5, 0.6) is 0 Å². The summed E-state index contributed by atoms with van der Waals surface area (Å²) in [6, 6.07) is 0. The van der Waals surface area contributed by atoms with Crippen LogP contribution < -0.4 is 11.1 Å². The maximum absolute atomic E-state index is 5.66. The number of aliphatic imine (C=N–C) groups is 1. The van der Waals surface area contributed by atoms with Gasteiger partial charge in [0.05, 0.1) is 6.61 Å². The summed E-state index contributed by atoms with van der Waals surface area (Å²) >= 11 is 0. The maximum atomic E-state index is 5.66. The summed E-state index contributed by atoms with van der Waals surface area (Å²) in [7, 11) is 3.81. The van der Waals surface area contributed by atoms with Crippen LogP contribution in [0.25, 0.3) is 0 Å². The van der Waals surface area contributed by atoms with E-state index in [1.54, 1.807) is 7.11 Å². The molecular formula is C11H26N4O. The number of ether oxygens (including phenoxy) is 1. The van der Waals surface area contributed by atoms with Crippen LogP contribution in [0.3, 0.4) is 0 Å². The standard InChI is InChI=1S/C11H26N4O/c1-4-6-13-11(12)14-7-5-8-15(2)9-10-16-3/h4-10H2,1-3H3,(H3,12,13,14). The molecule has 0 unspecified atom stereocenters. The number of likely N-dealkylation sites (N-methyl/N-ethyl adjacent to an activating group) is 1. The molecule has 0 radical (unpaired) electrons. The molecule has 0 aromatic heterocycles. The first-order valence-corrected chi connectivity index (χ1v) is 5.92. The van der Waals surface area contributed by atoms with Gasteiger partial charge in [-0.15, -0.1) is 0 Å². The van der Waals surface area contributed by atoms with Gasteiger partial charge in [-0.1, -0.05) is 6.92 Å². The SMILES string of the molecule is CCCN=C(N)NCCCN(C)CCOC. The number of nitrogens with one attached hydrogen (secondary N) is 1. The molecule has 0 spiro atoms. The van der Waals surface area contributed by atoms with Crippen molar-refractivity contribution in [3.63, 3.8) is 0 Å². The zero-order valence-electron chi connectivity index (χ0n) is 10.8. The predicted molar refractivity (Wildman–Crippen MR) is 68.8 cm³/mol. The molecule has 5 heteroatoms. The third-order valence-corrected chi connectivity index (χ3v) is 2.21. The van der Waals surface area contributed by atoms with Gasteiger partial charge in [0.15, 0.2) is 5.96 Å². The molecule has 0 saturated carbocycles. The van der Waals surface area contributed by atoms with E-state index in [1.165, 1.54) is 0 Å². The van der Waals surface area contributed by atoms with Crippen LogP contribution in [-0.2, 0) is 4.74 Å². The predicted octanol–water partition coefficient (Wildman–Crippen LogP) is 0.269. The minimum Gasteiger partial charge on any atom is -0.383 e. The Labute approximate surface area is 99.0 Å². The van der Waals surface area contributed by atoms with E-state index in [4.69, 9.17) is 10.5 Å². The van der Waals surface area contributed by atoms with Gasteiger partial charge in [0.25, 0.3) is 0 Å². The second-order valence-corrected chi connectivity index (χ2v) is 3.84. The van der Waals surface area contributed by atoms with Gasteiger partial charge in [-0.05, 0) is 26.4 Å². The first kappa shape index (κ1) is 15.2. The van der Waals surface area contributed by atoms with Crippen LogP contribution in [0.15, 0.2) is 4.99 Å². The molecule has 0 heterocycles. The Kier molecular flexibility index (Phi) is 10.2. The summed E-state index contributed by atoms with van der Waals surface area (Å²) in [5.41, 5.74) is 5.66. The highest BCUT2D eigenvalue weighted by Gasteiger charge is 1.97. The monoisotopic (exact) mass is 230 g/mol. The minimum absolute atomic E-state index is 0.557. The first-order valence-electron chi connectivity index (χ1n) is 5.92. The van der Waals surface area contributed by atoms with E-state index in [-0.39, 0.29) is 0 Å². The van der Waals surface area contributed by atoms with E-state index in [0.717, 1.165) is 45.6 Å². The lowest BCUT2D eigenvalue weighted by Crippen LogP contribution is -2.34. The van der Waals surface area contributed by atoms with Gasteiger partial charge in [0.2, 0.25) is 0 Å². The molecule has 0 fully saturated rings. The number of rotatable bonds is 9. The smallest absolute Gasteiger partial charge is 0.188 e. The van der Waals surface area contributed by atoms with Crippen LogP contribution in [-0.4, -0.2) is 57.8 Å². The summed E-state index contributed by atoms with van der Waals surface area (Å²) in [5.74, 6) is 0.557. The average Bonchev–Trinajstić information content (AvgIpc) is 2.29. The quantitative estimate of drug-likeness (QED) is 0.339. The fourth-order valence-corrected chi connectivity index (χ4v) is 1.21. The number of hydrogen-bond donors (Lipinski definition) is 2. The number of methoxy groups -OCH3 is 1. The summed E-state index contributed by atoms with van der Waals surface area (Å²) in [6.07, 6.45) is 2.09. The molecule has 0 aliphatic rings.